The highest BCUT2D eigenvalue weighted by molar-refractivity contribution is 8.15. The van der Waals surface area contributed by atoms with Crippen molar-refractivity contribution in [2.45, 2.75) is 30.6 Å². The molecule has 1 heterocycles. The Hall–Kier alpha value is -2.80. The highest BCUT2D eigenvalue weighted by atomic mass is 32.2. The molecule has 2 aromatic rings. The summed E-state index contributed by atoms with van der Waals surface area (Å²) in [7, 11) is 1.56. The number of aliphatic imine (C=N–C) groups is 1. The molecule has 0 spiro atoms. The Morgan fingerprint density at radius 2 is 1.89 bits per heavy atom. The van der Waals surface area contributed by atoms with Crippen LogP contribution in [-0.2, 0) is 9.59 Å². The summed E-state index contributed by atoms with van der Waals surface area (Å²) >= 11 is 1.37. The van der Waals surface area contributed by atoms with Crippen molar-refractivity contribution in [2.75, 3.05) is 12.4 Å². The first-order chi connectivity index (χ1) is 13.7. The quantitative estimate of drug-likeness (QED) is 0.807. The normalized spacial score (nSPS) is 20.5. The molecule has 1 saturated carbocycles. The number of nitrogens with one attached hydrogen (secondary N) is 1. The lowest BCUT2D eigenvalue weighted by Gasteiger charge is -2.15. The van der Waals surface area contributed by atoms with Gasteiger partial charge in [-0.2, -0.15) is 0 Å². The lowest BCUT2D eigenvalue weighted by Crippen LogP contribution is -2.35. The van der Waals surface area contributed by atoms with Crippen LogP contribution in [0.15, 0.2) is 59.6 Å². The van der Waals surface area contributed by atoms with Crippen molar-refractivity contribution in [3.05, 3.63) is 54.6 Å². The van der Waals surface area contributed by atoms with Crippen molar-refractivity contribution < 1.29 is 14.3 Å². The van der Waals surface area contributed by atoms with Gasteiger partial charge >= 0.3 is 0 Å². The van der Waals surface area contributed by atoms with Crippen molar-refractivity contribution in [1.82, 2.24) is 4.90 Å². The van der Waals surface area contributed by atoms with Gasteiger partial charge in [-0.15, -0.1) is 0 Å². The predicted octanol–water partition coefficient (Wildman–Crippen LogP) is 3.82. The summed E-state index contributed by atoms with van der Waals surface area (Å²) < 4.78 is 5.26. The van der Waals surface area contributed by atoms with E-state index in [0.717, 1.165) is 18.5 Å². The Morgan fingerprint density at radius 1 is 1.18 bits per heavy atom. The number of thioether (sulfide) groups is 1. The lowest BCUT2D eigenvalue weighted by molar-refractivity contribution is -0.128. The van der Waals surface area contributed by atoms with Gasteiger partial charge in [0.2, 0.25) is 11.8 Å². The fraction of sp³-hybridized carbons (Fsp3) is 0.286. The second kappa shape index (κ2) is 8.06. The first-order valence-electron chi connectivity index (χ1n) is 9.22. The number of rotatable bonds is 6. The maximum atomic E-state index is 12.9. The van der Waals surface area contributed by atoms with Gasteiger partial charge in [-0.3, -0.25) is 14.5 Å². The van der Waals surface area contributed by atoms with Gasteiger partial charge in [0.15, 0.2) is 5.17 Å². The van der Waals surface area contributed by atoms with Crippen LogP contribution < -0.4 is 10.1 Å². The summed E-state index contributed by atoms with van der Waals surface area (Å²) in [5.41, 5.74) is 1.41. The Morgan fingerprint density at radius 3 is 2.61 bits per heavy atom. The van der Waals surface area contributed by atoms with E-state index in [1.165, 1.54) is 11.8 Å². The second-order valence-electron chi connectivity index (χ2n) is 6.73. The molecule has 1 atom stereocenters. The summed E-state index contributed by atoms with van der Waals surface area (Å²) in [6.07, 6.45) is 2.07. The monoisotopic (exact) mass is 395 g/mol. The molecule has 2 fully saturated rings. The molecule has 28 heavy (non-hydrogen) atoms. The minimum absolute atomic E-state index is 0.0302. The van der Waals surface area contributed by atoms with Crippen molar-refractivity contribution in [2.24, 2.45) is 4.99 Å². The SMILES string of the molecule is COc1ccccc1NC(=O)C[C@@H]1SC(=Nc2ccccc2)N(C2CC2)C1=O. The number of nitrogens with zero attached hydrogens (tertiary/aromatic N) is 2. The van der Waals surface area contributed by atoms with Crippen molar-refractivity contribution in [3.63, 3.8) is 0 Å². The van der Waals surface area contributed by atoms with E-state index < -0.39 is 5.25 Å². The number of hydrogen-bond acceptors (Lipinski definition) is 5. The average molecular weight is 395 g/mol. The van der Waals surface area contributed by atoms with Gasteiger partial charge in [-0.05, 0) is 37.1 Å². The zero-order chi connectivity index (χ0) is 19.5. The van der Waals surface area contributed by atoms with Crippen LogP contribution in [0.4, 0.5) is 11.4 Å². The van der Waals surface area contributed by atoms with Crippen molar-refractivity contribution >= 4 is 40.1 Å². The highest BCUT2D eigenvalue weighted by Crippen LogP contribution is 2.39. The minimum Gasteiger partial charge on any atom is -0.495 e. The fourth-order valence-corrected chi connectivity index (χ4v) is 4.31. The highest BCUT2D eigenvalue weighted by Gasteiger charge is 2.46. The average Bonchev–Trinajstić information content (AvgIpc) is 3.49. The molecule has 1 N–H and O–H groups in total. The first-order valence-corrected chi connectivity index (χ1v) is 10.1. The van der Waals surface area contributed by atoms with Crippen LogP contribution in [0, 0.1) is 0 Å². The molecular formula is C21H21N3O3S. The Bertz CT molecular complexity index is 912. The molecule has 4 rings (SSSR count). The summed E-state index contributed by atoms with van der Waals surface area (Å²) in [4.78, 5) is 31.9. The van der Waals surface area contributed by atoms with Gasteiger partial charge < -0.3 is 10.1 Å². The molecule has 1 aliphatic carbocycles. The van der Waals surface area contributed by atoms with Crippen LogP contribution in [0.3, 0.4) is 0 Å². The Balaban J connectivity index is 1.48. The van der Waals surface area contributed by atoms with E-state index in [1.54, 1.807) is 24.1 Å². The molecule has 7 heteroatoms. The summed E-state index contributed by atoms with van der Waals surface area (Å²) in [5.74, 6) is 0.344. The summed E-state index contributed by atoms with van der Waals surface area (Å²) in [6, 6.07) is 17.0. The molecule has 0 aromatic heterocycles. The number of hydrogen-bond donors (Lipinski definition) is 1. The largest absolute Gasteiger partial charge is 0.495 e. The molecular weight excluding hydrogens is 374 g/mol. The minimum atomic E-state index is -0.460. The topological polar surface area (TPSA) is 71.0 Å². The van der Waals surface area contributed by atoms with Crippen LogP contribution >= 0.6 is 11.8 Å². The number of para-hydroxylation sites is 3. The molecule has 144 valence electrons. The van der Waals surface area contributed by atoms with E-state index in [9.17, 15) is 9.59 Å². The summed E-state index contributed by atoms with van der Waals surface area (Å²) in [5, 5.41) is 3.07. The zero-order valence-corrected chi connectivity index (χ0v) is 16.3. The van der Waals surface area contributed by atoms with E-state index in [4.69, 9.17) is 4.74 Å². The molecule has 2 aromatic carbocycles. The van der Waals surface area contributed by atoms with Gasteiger partial charge in [-0.1, -0.05) is 42.1 Å². The van der Waals surface area contributed by atoms with Crippen molar-refractivity contribution in [1.29, 1.82) is 0 Å². The maximum absolute atomic E-state index is 12.9. The van der Waals surface area contributed by atoms with Gasteiger partial charge in [-0.25, -0.2) is 4.99 Å². The first kappa shape index (κ1) is 18.6. The zero-order valence-electron chi connectivity index (χ0n) is 15.5. The lowest BCUT2D eigenvalue weighted by atomic mass is 10.2. The van der Waals surface area contributed by atoms with E-state index in [0.29, 0.717) is 16.6 Å². The third-order valence-electron chi connectivity index (χ3n) is 4.61. The predicted molar refractivity (Wildman–Crippen MR) is 111 cm³/mol. The smallest absolute Gasteiger partial charge is 0.242 e. The Labute approximate surface area is 168 Å². The van der Waals surface area contributed by atoms with Crippen LogP contribution in [-0.4, -0.2) is 40.3 Å². The number of benzene rings is 2. The van der Waals surface area contributed by atoms with Crippen molar-refractivity contribution in [3.8, 4) is 5.75 Å². The molecule has 2 aliphatic rings. The number of amidine groups is 1. The van der Waals surface area contributed by atoms with Gasteiger partial charge in [0.05, 0.1) is 18.5 Å². The van der Waals surface area contributed by atoms with Gasteiger partial charge in [0.25, 0.3) is 0 Å². The maximum Gasteiger partial charge on any atom is 0.242 e. The standard InChI is InChI=1S/C21H21N3O3S/c1-27-17-10-6-5-9-16(17)23-19(25)13-18-20(26)24(15-11-12-15)21(28-18)22-14-7-3-2-4-8-14/h2-10,15,18H,11-13H2,1H3,(H,23,25)/t18-/m0/s1. The van der Waals surface area contributed by atoms with Crippen LogP contribution in [0.25, 0.3) is 0 Å². The molecule has 1 aliphatic heterocycles. The van der Waals surface area contributed by atoms with E-state index >= 15 is 0 Å². The fourth-order valence-electron chi connectivity index (χ4n) is 3.09. The van der Waals surface area contributed by atoms with E-state index in [2.05, 4.69) is 10.3 Å². The van der Waals surface area contributed by atoms with Crippen LogP contribution in [0.2, 0.25) is 0 Å². The van der Waals surface area contributed by atoms with Crippen LogP contribution in [0.1, 0.15) is 19.3 Å². The van der Waals surface area contributed by atoms with Crippen LogP contribution in [0.5, 0.6) is 5.75 Å². The third-order valence-corrected chi connectivity index (χ3v) is 5.76. The molecule has 1 saturated heterocycles. The molecule has 6 nitrogen and oxygen atoms in total. The van der Waals surface area contributed by atoms with E-state index in [-0.39, 0.29) is 24.3 Å². The third kappa shape index (κ3) is 4.04. The molecule has 0 radical (unpaired) electrons. The van der Waals surface area contributed by atoms with E-state index in [1.807, 2.05) is 42.5 Å². The van der Waals surface area contributed by atoms with Gasteiger partial charge in [0, 0.05) is 12.5 Å². The number of carbonyl (C=O) groups excluding carboxylic acids is 2. The molecule has 0 bridgehead atoms. The molecule has 0 unspecified atom stereocenters. The summed E-state index contributed by atoms with van der Waals surface area (Å²) in [6.45, 7) is 0. The number of methoxy groups -OCH3 is 1. The number of amides is 2. The second-order valence-corrected chi connectivity index (χ2v) is 7.90. The number of carbonyl (C=O) groups is 2. The Kier molecular flexibility index (Phi) is 5.34. The molecule has 2 amide bonds. The number of ether oxygens (including phenoxy) is 1. The number of anilines is 1. The van der Waals surface area contributed by atoms with Gasteiger partial charge in [0.1, 0.15) is 11.0 Å².